The standard InChI is InChI=1S/C11H13NO2/c1-2-11(13)14-9-3-4-10-5-7-12-8-6-10/h2,5-8H,1,3-4,9H2. The van der Waals surface area contributed by atoms with Crippen LogP contribution in [0.3, 0.4) is 0 Å². The van der Waals surface area contributed by atoms with Crippen molar-refractivity contribution in [3.05, 3.63) is 42.7 Å². The molecule has 0 aliphatic carbocycles. The molecule has 3 heteroatoms. The Hall–Kier alpha value is -1.64. The van der Waals surface area contributed by atoms with Crippen molar-refractivity contribution >= 4 is 5.97 Å². The molecule has 0 atom stereocenters. The van der Waals surface area contributed by atoms with Crippen LogP contribution in [0.25, 0.3) is 0 Å². The normalized spacial score (nSPS) is 9.43. The van der Waals surface area contributed by atoms with E-state index in [1.54, 1.807) is 12.4 Å². The van der Waals surface area contributed by atoms with Crippen molar-refractivity contribution in [2.75, 3.05) is 6.61 Å². The van der Waals surface area contributed by atoms with E-state index in [1.165, 1.54) is 11.6 Å². The van der Waals surface area contributed by atoms with Crippen LogP contribution >= 0.6 is 0 Å². The van der Waals surface area contributed by atoms with Crippen molar-refractivity contribution in [1.82, 2.24) is 4.98 Å². The van der Waals surface area contributed by atoms with Gasteiger partial charge in [-0.15, -0.1) is 0 Å². The van der Waals surface area contributed by atoms with Gasteiger partial charge in [-0.25, -0.2) is 4.79 Å². The van der Waals surface area contributed by atoms with E-state index in [0.29, 0.717) is 6.61 Å². The number of carbonyl (C=O) groups excluding carboxylic acids is 1. The van der Waals surface area contributed by atoms with Gasteiger partial charge < -0.3 is 4.74 Å². The van der Waals surface area contributed by atoms with Gasteiger partial charge in [0.15, 0.2) is 0 Å². The second-order valence-corrected chi connectivity index (χ2v) is 2.83. The Labute approximate surface area is 83.4 Å². The van der Waals surface area contributed by atoms with Crippen molar-refractivity contribution in [2.45, 2.75) is 12.8 Å². The summed E-state index contributed by atoms with van der Waals surface area (Å²) in [6, 6.07) is 3.91. The summed E-state index contributed by atoms with van der Waals surface area (Å²) >= 11 is 0. The van der Waals surface area contributed by atoms with E-state index in [1.807, 2.05) is 12.1 Å². The van der Waals surface area contributed by atoms with Gasteiger partial charge in [0.25, 0.3) is 0 Å². The molecule has 0 amide bonds. The number of esters is 1. The van der Waals surface area contributed by atoms with Crippen LogP contribution in [0.4, 0.5) is 0 Å². The van der Waals surface area contributed by atoms with Crippen molar-refractivity contribution in [3.8, 4) is 0 Å². The molecule has 0 saturated heterocycles. The first-order valence-corrected chi connectivity index (χ1v) is 4.51. The van der Waals surface area contributed by atoms with Crippen LogP contribution in [0, 0.1) is 0 Å². The lowest BCUT2D eigenvalue weighted by atomic mass is 10.1. The molecule has 0 aromatic carbocycles. The number of nitrogens with zero attached hydrogens (tertiary/aromatic N) is 1. The molecule has 74 valence electrons. The van der Waals surface area contributed by atoms with Gasteiger partial charge in [-0.1, -0.05) is 6.58 Å². The predicted molar refractivity (Wildman–Crippen MR) is 53.7 cm³/mol. The molecule has 0 unspecified atom stereocenters. The average molecular weight is 191 g/mol. The van der Waals surface area contributed by atoms with Crippen molar-refractivity contribution in [3.63, 3.8) is 0 Å². The first-order chi connectivity index (χ1) is 6.83. The monoisotopic (exact) mass is 191 g/mol. The molecule has 3 nitrogen and oxygen atoms in total. The summed E-state index contributed by atoms with van der Waals surface area (Å²) in [7, 11) is 0. The topological polar surface area (TPSA) is 39.2 Å². The number of aromatic nitrogens is 1. The largest absolute Gasteiger partial charge is 0.463 e. The Morgan fingerprint density at radius 2 is 2.21 bits per heavy atom. The first kappa shape index (κ1) is 10.4. The van der Waals surface area contributed by atoms with Crippen LogP contribution in [0.15, 0.2) is 37.2 Å². The molecule has 0 aliphatic rings. The molecule has 0 bridgehead atoms. The molecule has 0 saturated carbocycles. The highest BCUT2D eigenvalue weighted by Gasteiger charge is 1.95. The average Bonchev–Trinajstić information content (AvgIpc) is 2.25. The summed E-state index contributed by atoms with van der Waals surface area (Å²) in [5.41, 5.74) is 1.20. The lowest BCUT2D eigenvalue weighted by molar-refractivity contribution is -0.137. The number of hydrogen-bond acceptors (Lipinski definition) is 3. The van der Waals surface area contributed by atoms with Gasteiger partial charge in [-0.3, -0.25) is 4.98 Å². The maximum atomic E-state index is 10.7. The third kappa shape index (κ3) is 3.85. The molecule has 1 aromatic rings. The first-order valence-electron chi connectivity index (χ1n) is 4.51. The maximum absolute atomic E-state index is 10.7. The fourth-order valence-electron chi connectivity index (χ4n) is 1.06. The lowest BCUT2D eigenvalue weighted by Crippen LogP contribution is -2.02. The third-order valence-corrected chi connectivity index (χ3v) is 1.77. The van der Waals surface area contributed by atoms with Crippen LogP contribution in [-0.4, -0.2) is 17.6 Å². The SMILES string of the molecule is C=CC(=O)OCCCc1ccncc1. The predicted octanol–water partition coefficient (Wildman–Crippen LogP) is 1.74. The van der Waals surface area contributed by atoms with Gasteiger partial charge in [0, 0.05) is 18.5 Å². The fraction of sp³-hybridized carbons (Fsp3) is 0.273. The van der Waals surface area contributed by atoms with Gasteiger partial charge >= 0.3 is 5.97 Å². The number of hydrogen-bond donors (Lipinski definition) is 0. The number of ether oxygens (including phenoxy) is 1. The highest BCUT2D eigenvalue weighted by molar-refractivity contribution is 5.81. The number of pyridine rings is 1. The molecule has 0 fully saturated rings. The molecular weight excluding hydrogens is 178 g/mol. The molecule has 0 radical (unpaired) electrons. The lowest BCUT2D eigenvalue weighted by Gasteiger charge is -2.01. The quantitative estimate of drug-likeness (QED) is 0.404. The summed E-state index contributed by atoms with van der Waals surface area (Å²) in [6.45, 7) is 3.75. The molecule has 0 spiro atoms. The molecule has 1 heterocycles. The zero-order chi connectivity index (χ0) is 10.2. The highest BCUT2D eigenvalue weighted by atomic mass is 16.5. The van der Waals surface area contributed by atoms with Crippen LogP contribution < -0.4 is 0 Å². The highest BCUT2D eigenvalue weighted by Crippen LogP contribution is 2.00. The molecule has 0 N–H and O–H groups in total. The van der Waals surface area contributed by atoms with E-state index < -0.39 is 0 Å². The fourth-order valence-corrected chi connectivity index (χ4v) is 1.06. The third-order valence-electron chi connectivity index (χ3n) is 1.77. The van der Waals surface area contributed by atoms with Gasteiger partial charge in [-0.2, -0.15) is 0 Å². The second kappa shape index (κ2) is 5.91. The van der Waals surface area contributed by atoms with Crippen molar-refractivity contribution in [1.29, 1.82) is 0 Å². The Bertz CT molecular complexity index is 295. The Balaban J connectivity index is 2.16. The summed E-state index contributed by atoms with van der Waals surface area (Å²) in [4.78, 5) is 14.6. The zero-order valence-electron chi connectivity index (χ0n) is 7.98. The van der Waals surface area contributed by atoms with Gasteiger partial charge in [0.05, 0.1) is 6.61 Å². The summed E-state index contributed by atoms with van der Waals surface area (Å²) < 4.78 is 4.84. The number of aryl methyl sites for hydroxylation is 1. The second-order valence-electron chi connectivity index (χ2n) is 2.83. The number of carbonyl (C=O) groups is 1. The van der Waals surface area contributed by atoms with E-state index in [-0.39, 0.29) is 5.97 Å². The zero-order valence-corrected chi connectivity index (χ0v) is 7.98. The minimum atomic E-state index is -0.361. The Kier molecular flexibility index (Phi) is 4.41. The van der Waals surface area contributed by atoms with Gasteiger partial charge in [0.2, 0.25) is 0 Å². The molecule has 14 heavy (non-hydrogen) atoms. The molecular formula is C11H13NO2. The van der Waals surface area contributed by atoms with Crippen LogP contribution in [0.2, 0.25) is 0 Å². The van der Waals surface area contributed by atoms with E-state index in [4.69, 9.17) is 4.74 Å². The molecule has 0 aliphatic heterocycles. The van der Waals surface area contributed by atoms with Crippen molar-refractivity contribution in [2.24, 2.45) is 0 Å². The molecule has 1 rings (SSSR count). The van der Waals surface area contributed by atoms with E-state index >= 15 is 0 Å². The van der Waals surface area contributed by atoms with Crippen molar-refractivity contribution < 1.29 is 9.53 Å². The minimum Gasteiger partial charge on any atom is -0.463 e. The molecule has 1 aromatic heterocycles. The van der Waals surface area contributed by atoms with Crippen LogP contribution in [0.5, 0.6) is 0 Å². The minimum absolute atomic E-state index is 0.361. The summed E-state index contributed by atoms with van der Waals surface area (Å²) in [6.07, 6.45) is 6.40. The van der Waals surface area contributed by atoms with E-state index in [0.717, 1.165) is 12.8 Å². The number of rotatable bonds is 5. The van der Waals surface area contributed by atoms with E-state index in [9.17, 15) is 4.79 Å². The summed E-state index contributed by atoms with van der Waals surface area (Å²) in [5.74, 6) is -0.361. The summed E-state index contributed by atoms with van der Waals surface area (Å²) in [5, 5.41) is 0. The van der Waals surface area contributed by atoms with Crippen LogP contribution in [0.1, 0.15) is 12.0 Å². The van der Waals surface area contributed by atoms with E-state index in [2.05, 4.69) is 11.6 Å². The Morgan fingerprint density at radius 1 is 1.50 bits per heavy atom. The maximum Gasteiger partial charge on any atom is 0.330 e. The van der Waals surface area contributed by atoms with Gasteiger partial charge in [-0.05, 0) is 30.5 Å². The van der Waals surface area contributed by atoms with Gasteiger partial charge in [0.1, 0.15) is 0 Å². The van der Waals surface area contributed by atoms with Crippen LogP contribution in [-0.2, 0) is 16.0 Å². The smallest absolute Gasteiger partial charge is 0.330 e. The Morgan fingerprint density at radius 3 is 2.86 bits per heavy atom.